The molecule has 6 N–H and O–H groups in total. The first-order chi connectivity index (χ1) is 8.33. The van der Waals surface area contributed by atoms with Gasteiger partial charge in [0.2, 0.25) is 0 Å². The maximum Gasteiger partial charge on any atom is 0.111 e. The molecule has 0 aromatic heterocycles. The highest BCUT2D eigenvalue weighted by atomic mass is 35.5. The van der Waals surface area contributed by atoms with Gasteiger partial charge in [0.1, 0.15) is 18.3 Å². The summed E-state index contributed by atoms with van der Waals surface area (Å²) in [5.41, 5.74) is 0. The molecule has 0 rings (SSSR count). The quantitative estimate of drug-likeness (QED) is 0.249. The van der Waals surface area contributed by atoms with Crippen molar-refractivity contribution in [3.05, 3.63) is 0 Å². The van der Waals surface area contributed by atoms with Gasteiger partial charge in [-0.05, 0) is 7.05 Å². The van der Waals surface area contributed by atoms with Gasteiger partial charge in [-0.25, -0.2) is 0 Å². The largest absolute Gasteiger partial charge is 0.394 e. The molecule has 0 saturated heterocycles. The molecule has 0 fully saturated rings. The van der Waals surface area contributed by atoms with E-state index in [0.717, 1.165) is 0 Å². The van der Waals surface area contributed by atoms with Gasteiger partial charge in [0.05, 0.1) is 18.8 Å². The standard InChI is InChI=1S/C10H22ClNO6/c1-12(3-6(14)2-11)4-7(15)9(17)10(18)8(16)5-13/h6-10,13-18H,2-5H2,1H3. The Bertz CT molecular complexity index is 223. The Morgan fingerprint density at radius 3 is 1.89 bits per heavy atom. The third-order valence-corrected chi connectivity index (χ3v) is 2.88. The molecule has 7 nitrogen and oxygen atoms in total. The van der Waals surface area contributed by atoms with Crippen LogP contribution in [0.15, 0.2) is 0 Å². The van der Waals surface area contributed by atoms with Gasteiger partial charge >= 0.3 is 0 Å². The van der Waals surface area contributed by atoms with E-state index in [1.54, 1.807) is 7.05 Å². The molecule has 0 heterocycles. The highest BCUT2D eigenvalue weighted by Crippen LogP contribution is 2.06. The molecule has 5 atom stereocenters. The first-order valence-electron chi connectivity index (χ1n) is 5.59. The fourth-order valence-corrected chi connectivity index (χ4v) is 1.57. The molecule has 0 amide bonds. The van der Waals surface area contributed by atoms with Crippen molar-refractivity contribution in [2.45, 2.75) is 30.5 Å². The summed E-state index contributed by atoms with van der Waals surface area (Å²) in [5, 5.41) is 55.6. The molecular weight excluding hydrogens is 266 g/mol. The predicted molar refractivity (Wildman–Crippen MR) is 65.3 cm³/mol. The summed E-state index contributed by atoms with van der Waals surface area (Å²) in [4.78, 5) is 1.53. The van der Waals surface area contributed by atoms with Crippen molar-refractivity contribution in [2.75, 3.05) is 32.6 Å². The number of aliphatic hydroxyl groups is 6. The Balaban J connectivity index is 4.18. The lowest BCUT2D eigenvalue weighted by atomic mass is 10.0. The second-order valence-corrected chi connectivity index (χ2v) is 4.64. The molecule has 0 spiro atoms. The van der Waals surface area contributed by atoms with Crippen molar-refractivity contribution < 1.29 is 30.6 Å². The highest BCUT2D eigenvalue weighted by molar-refractivity contribution is 6.18. The van der Waals surface area contributed by atoms with E-state index in [0.29, 0.717) is 0 Å². The van der Waals surface area contributed by atoms with Crippen LogP contribution < -0.4 is 0 Å². The molecule has 0 radical (unpaired) electrons. The highest BCUT2D eigenvalue weighted by Gasteiger charge is 2.30. The van der Waals surface area contributed by atoms with E-state index in [9.17, 15) is 20.4 Å². The minimum Gasteiger partial charge on any atom is -0.394 e. The van der Waals surface area contributed by atoms with E-state index in [1.165, 1.54) is 4.90 Å². The van der Waals surface area contributed by atoms with Crippen LogP contribution >= 0.6 is 11.6 Å². The van der Waals surface area contributed by atoms with Crippen molar-refractivity contribution in [1.29, 1.82) is 0 Å². The lowest BCUT2D eigenvalue weighted by molar-refractivity contribution is -0.119. The molecule has 5 unspecified atom stereocenters. The molecule has 110 valence electrons. The Labute approximate surface area is 111 Å². The van der Waals surface area contributed by atoms with Gasteiger partial charge in [0.15, 0.2) is 0 Å². The summed E-state index contributed by atoms with van der Waals surface area (Å²) < 4.78 is 0. The van der Waals surface area contributed by atoms with Gasteiger partial charge in [0.25, 0.3) is 0 Å². The van der Waals surface area contributed by atoms with Crippen LogP contribution in [0.3, 0.4) is 0 Å². The summed E-state index contributed by atoms with van der Waals surface area (Å²) in [6.45, 7) is -0.540. The summed E-state index contributed by atoms with van der Waals surface area (Å²) in [6.07, 6.45) is -6.84. The predicted octanol–water partition coefficient (Wildman–Crippen LogP) is -3.05. The lowest BCUT2D eigenvalue weighted by Gasteiger charge is -2.29. The van der Waals surface area contributed by atoms with Crippen LogP contribution in [0.4, 0.5) is 0 Å². The number of aliphatic hydroxyl groups excluding tert-OH is 6. The van der Waals surface area contributed by atoms with E-state index in [1.807, 2.05) is 0 Å². The molecular formula is C10H22ClNO6. The molecule has 0 aliphatic heterocycles. The maximum atomic E-state index is 9.63. The third kappa shape index (κ3) is 6.26. The second-order valence-electron chi connectivity index (χ2n) is 4.33. The number of halogens is 1. The average Bonchev–Trinajstić information content (AvgIpc) is 2.35. The first kappa shape index (κ1) is 18.0. The number of alkyl halides is 1. The fourth-order valence-electron chi connectivity index (χ4n) is 1.47. The van der Waals surface area contributed by atoms with Crippen LogP contribution in [0.1, 0.15) is 0 Å². The average molecular weight is 288 g/mol. The Kier molecular flexibility index (Phi) is 9.01. The smallest absolute Gasteiger partial charge is 0.111 e. The van der Waals surface area contributed by atoms with Crippen molar-refractivity contribution in [3.8, 4) is 0 Å². The molecule has 8 heteroatoms. The van der Waals surface area contributed by atoms with Gasteiger partial charge in [-0.2, -0.15) is 0 Å². The number of rotatable bonds is 9. The van der Waals surface area contributed by atoms with Crippen LogP contribution in [-0.2, 0) is 0 Å². The third-order valence-electron chi connectivity index (χ3n) is 2.52. The van der Waals surface area contributed by atoms with Gasteiger partial charge < -0.3 is 35.5 Å². The van der Waals surface area contributed by atoms with Gasteiger partial charge in [-0.3, -0.25) is 0 Å². The summed E-state index contributed by atoms with van der Waals surface area (Å²) in [6, 6.07) is 0. The Hall–Kier alpha value is 0.01000. The molecule has 0 aliphatic carbocycles. The molecule has 18 heavy (non-hydrogen) atoms. The van der Waals surface area contributed by atoms with Crippen molar-refractivity contribution >= 4 is 11.6 Å². The van der Waals surface area contributed by atoms with Crippen molar-refractivity contribution in [3.63, 3.8) is 0 Å². The van der Waals surface area contributed by atoms with Gasteiger partial charge in [0, 0.05) is 19.0 Å². The summed E-state index contributed by atoms with van der Waals surface area (Å²) in [5.74, 6) is 0.0504. The van der Waals surface area contributed by atoms with E-state index in [-0.39, 0.29) is 19.0 Å². The van der Waals surface area contributed by atoms with Gasteiger partial charge in [-0.15, -0.1) is 11.6 Å². The second kappa shape index (κ2) is 9.00. The zero-order chi connectivity index (χ0) is 14.3. The van der Waals surface area contributed by atoms with E-state index in [4.69, 9.17) is 21.8 Å². The molecule has 0 saturated carbocycles. The van der Waals surface area contributed by atoms with E-state index in [2.05, 4.69) is 0 Å². The van der Waals surface area contributed by atoms with Crippen LogP contribution in [0.25, 0.3) is 0 Å². The van der Waals surface area contributed by atoms with Crippen molar-refractivity contribution in [2.24, 2.45) is 0 Å². The number of likely N-dealkylation sites (N-methyl/N-ethyl adjacent to an activating group) is 1. The topological polar surface area (TPSA) is 125 Å². The summed E-state index contributed by atoms with van der Waals surface area (Å²) >= 11 is 5.42. The van der Waals surface area contributed by atoms with Crippen LogP contribution in [-0.4, -0.2) is 98.7 Å². The zero-order valence-corrected chi connectivity index (χ0v) is 11.0. The number of hydrogen-bond donors (Lipinski definition) is 6. The van der Waals surface area contributed by atoms with Crippen LogP contribution in [0.5, 0.6) is 0 Å². The lowest BCUT2D eigenvalue weighted by Crippen LogP contribution is -2.49. The molecule has 0 aromatic rings. The van der Waals surface area contributed by atoms with Gasteiger partial charge in [-0.1, -0.05) is 0 Å². The minimum absolute atomic E-state index is 0.0235. The zero-order valence-electron chi connectivity index (χ0n) is 10.2. The van der Waals surface area contributed by atoms with E-state index < -0.39 is 37.1 Å². The Morgan fingerprint density at radius 2 is 1.44 bits per heavy atom. The normalized spacial score (nSPS) is 20.5. The molecule has 0 bridgehead atoms. The van der Waals surface area contributed by atoms with Crippen molar-refractivity contribution in [1.82, 2.24) is 4.90 Å². The molecule has 0 aromatic carbocycles. The maximum absolute atomic E-state index is 9.63. The fraction of sp³-hybridized carbons (Fsp3) is 1.00. The number of hydrogen-bond acceptors (Lipinski definition) is 7. The minimum atomic E-state index is -1.64. The van der Waals surface area contributed by atoms with Crippen LogP contribution in [0, 0.1) is 0 Å². The molecule has 0 aliphatic rings. The van der Waals surface area contributed by atoms with Crippen LogP contribution in [0.2, 0.25) is 0 Å². The SMILES string of the molecule is CN(CC(O)CCl)CC(O)C(O)C(O)C(O)CO. The Morgan fingerprint density at radius 1 is 0.944 bits per heavy atom. The first-order valence-corrected chi connectivity index (χ1v) is 6.12. The number of nitrogens with zero attached hydrogens (tertiary/aromatic N) is 1. The monoisotopic (exact) mass is 287 g/mol. The van der Waals surface area contributed by atoms with E-state index >= 15 is 0 Å². The summed E-state index contributed by atoms with van der Waals surface area (Å²) in [7, 11) is 1.60.